The summed E-state index contributed by atoms with van der Waals surface area (Å²) >= 11 is 8.57. The molecule has 0 N–H and O–H groups in total. The number of para-hydroxylation sites is 1. The molecule has 0 radical (unpaired) electrons. The molecule has 0 spiro atoms. The van der Waals surface area contributed by atoms with E-state index in [1.165, 1.54) is 9.87 Å². The minimum absolute atomic E-state index is 0.0390. The third kappa shape index (κ3) is 5.89. The molecule has 1 saturated heterocycles. The summed E-state index contributed by atoms with van der Waals surface area (Å²) in [6.45, 7) is 4.21. The van der Waals surface area contributed by atoms with Crippen molar-refractivity contribution in [3.05, 3.63) is 40.2 Å². The first-order valence-corrected chi connectivity index (χ1v) is 15.3. The first kappa shape index (κ1) is 26.5. The van der Waals surface area contributed by atoms with Gasteiger partial charge in [0.2, 0.25) is 5.91 Å². The van der Waals surface area contributed by atoms with Crippen LogP contribution in [0.1, 0.15) is 31.7 Å². The summed E-state index contributed by atoms with van der Waals surface area (Å²) in [5, 5.41) is 0.730. The molecule has 1 aliphatic heterocycles. The highest BCUT2D eigenvalue weighted by molar-refractivity contribution is 7.91. The van der Waals surface area contributed by atoms with Crippen LogP contribution < -0.4 is 4.90 Å². The summed E-state index contributed by atoms with van der Waals surface area (Å²) in [5.41, 5.74) is 2.15. The van der Waals surface area contributed by atoms with Gasteiger partial charge in [-0.2, -0.15) is 4.31 Å². The number of aryl methyl sites for hydroxylation is 1. The lowest BCUT2D eigenvalue weighted by Crippen LogP contribution is -2.45. The van der Waals surface area contributed by atoms with Crippen molar-refractivity contribution in [2.75, 3.05) is 45.2 Å². The molecule has 0 unspecified atom stereocenters. The van der Waals surface area contributed by atoms with E-state index in [2.05, 4.69) is 24.0 Å². The molecular weight excluding hydrogens is 524 g/mol. The zero-order chi connectivity index (χ0) is 25.2. The van der Waals surface area contributed by atoms with Gasteiger partial charge < -0.3 is 4.90 Å². The summed E-state index contributed by atoms with van der Waals surface area (Å²) in [6.07, 6.45) is 2.71. The Morgan fingerprint density at radius 2 is 1.89 bits per heavy atom. The monoisotopic (exact) mass is 554 g/mol. The average molecular weight is 555 g/mol. The van der Waals surface area contributed by atoms with E-state index in [0.717, 1.165) is 46.1 Å². The highest BCUT2D eigenvalue weighted by atomic mass is 35.5. The second-order valence-electron chi connectivity index (χ2n) is 9.00. The Labute approximate surface area is 220 Å². The molecule has 35 heavy (non-hydrogen) atoms. The molecule has 2 aromatic heterocycles. The molecule has 7 nitrogen and oxygen atoms in total. The number of hydrogen-bond donors (Lipinski definition) is 0. The van der Waals surface area contributed by atoms with Crippen molar-refractivity contribution in [2.45, 2.75) is 36.8 Å². The highest BCUT2D eigenvalue weighted by Gasteiger charge is 2.35. The standard InChI is InChI=1S/C24H31ClN4O3S3/c1-4-17-7-5-8-19-22(17)26-24(33-19)29(14-6-13-27(2)3)23(30)18-11-15-28(16-12-18)35(31,32)21-10-9-20(25)34-21/h5,7-10,18H,4,6,11-16H2,1-3H3. The fourth-order valence-corrected chi connectivity index (χ4v) is 8.52. The Kier molecular flexibility index (Phi) is 8.50. The predicted molar refractivity (Wildman–Crippen MR) is 145 cm³/mol. The summed E-state index contributed by atoms with van der Waals surface area (Å²) in [6, 6.07) is 9.32. The van der Waals surface area contributed by atoms with Crippen LogP contribution in [-0.4, -0.2) is 68.8 Å². The van der Waals surface area contributed by atoms with Gasteiger partial charge >= 0.3 is 0 Å². The number of rotatable bonds is 9. The summed E-state index contributed by atoms with van der Waals surface area (Å²) in [7, 11) is 0.459. The van der Waals surface area contributed by atoms with Crippen LogP contribution in [0.2, 0.25) is 4.34 Å². The second kappa shape index (κ2) is 11.2. The van der Waals surface area contributed by atoms with E-state index in [4.69, 9.17) is 16.6 Å². The molecule has 11 heteroatoms. The van der Waals surface area contributed by atoms with E-state index in [-0.39, 0.29) is 16.0 Å². The maximum Gasteiger partial charge on any atom is 0.252 e. The molecule has 0 aliphatic carbocycles. The van der Waals surface area contributed by atoms with Crippen LogP contribution in [0.5, 0.6) is 0 Å². The number of aromatic nitrogens is 1. The fraction of sp³-hybridized carbons (Fsp3) is 0.500. The average Bonchev–Trinajstić information content (AvgIpc) is 3.48. The SMILES string of the molecule is CCc1cccc2sc(N(CCCN(C)C)C(=O)C3CCN(S(=O)(=O)c4ccc(Cl)s4)CC3)nc12. The quantitative estimate of drug-likeness (QED) is 0.374. The molecule has 3 aromatic rings. The van der Waals surface area contributed by atoms with Crippen molar-refractivity contribution in [3.8, 4) is 0 Å². The summed E-state index contributed by atoms with van der Waals surface area (Å²) in [5.74, 6) is -0.192. The van der Waals surface area contributed by atoms with E-state index >= 15 is 0 Å². The maximum absolute atomic E-state index is 13.7. The van der Waals surface area contributed by atoms with Gasteiger partial charge in [0, 0.05) is 25.6 Å². The number of sulfonamides is 1. The number of benzene rings is 1. The molecule has 0 saturated carbocycles. The molecule has 4 rings (SSSR count). The van der Waals surface area contributed by atoms with Crippen molar-refractivity contribution in [3.63, 3.8) is 0 Å². The largest absolute Gasteiger partial charge is 0.309 e. The number of amides is 1. The number of thiazole rings is 1. The Balaban J connectivity index is 1.52. The van der Waals surface area contributed by atoms with E-state index in [0.29, 0.717) is 36.8 Å². The van der Waals surface area contributed by atoms with Crippen LogP contribution in [0.25, 0.3) is 10.2 Å². The third-order valence-corrected chi connectivity index (χ3v) is 10.9. The lowest BCUT2D eigenvalue weighted by Gasteiger charge is -2.32. The van der Waals surface area contributed by atoms with Crippen LogP contribution in [0, 0.1) is 5.92 Å². The Morgan fingerprint density at radius 1 is 1.14 bits per heavy atom. The van der Waals surface area contributed by atoms with Crippen LogP contribution in [-0.2, 0) is 21.2 Å². The minimum Gasteiger partial charge on any atom is -0.309 e. The zero-order valence-electron chi connectivity index (χ0n) is 20.2. The molecule has 1 amide bonds. The van der Waals surface area contributed by atoms with Gasteiger partial charge in [0.25, 0.3) is 10.0 Å². The number of fused-ring (bicyclic) bond motifs is 1. The first-order chi connectivity index (χ1) is 16.7. The highest BCUT2D eigenvalue weighted by Crippen LogP contribution is 2.34. The van der Waals surface area contributed by atoms with Crippen LogP contribution in [0.4, 0.5) is 5.13 Å². The number of piperidine rings is 1. The lowest BCUT2D eigenvalue weighted by molar-refractivity contribution is -0.123. The van der Waals surface area contributed by atoms with Crippen molar-refractivity contribution in [1.82, 2.24) is 14.2 Å². The van der Waals surface area contributed by atoms with Crippen LogP contribution in [0.15, 0.2) is 34.5 Å². The fourth-order valence-electron chi connectivity index (χ4n) is 4.37. The maximum atomic E-state index is 13.7. The van der Waals surface area contributed by atoms with Gasteiger partial charge in [0.1, 0.15) is 4.21 Å². The van der Waals surface area contributed by atoms with Gasteiger partial charge in [0.15, 0.2) is 5.13 Å². The smallest absolute Gasteiger partial charge is 0.252 e. The van der Waals surface area contributed by atoms with Gasteiger partial charge in [-0.25, -0.2) is 13.4 Å². The number of hydrogen-bond acceptors (Lipinski definition) is 7. The van der Waals surface area contributed by atoms with Gasteiger partial charge in [-0.05, 0) is 70.1 Å². The number of anilines is 1. The van der Waals surface area contributed by atoms with Gasteiger partial charge in [-0.3, -0.25) is 9.69 Å². The summed E-state index contributed by atoms with van der Waals surface area (Å²) in [4.78, 5) is 22.6. The van der Waals surface area contributed by atoms with Crippen LogP contribution in [0.3, 0.4) is 0 Å². The molecule has 1 fully saturated rings. The molecule has 1 aliphatic rings. The number of carbonyl (C=O) groups excluding carboxylic acids is 1. The second-order valence-corrected chi connectivity index (χ2v) is 13.9. The zero-order valence-corrected chi connectivity index (χ0v) is 23.4. The van der Waals surface area contributed by atoms with Crippen molar-refractivity contribution < 1.29 is 13.2 Å². The van der Waals surface area contributed by atoms with Crippen molar-refractivity contribution >= 4 is 65.6 Å². The van der Waals surface area contributed by atoms with Crippen LogP contribution >= 0.6 is 34.3 Å². The molecule has 1 aromatic carbocycles. The van der Waals surface area contributed by atoms with Gasteiger partial charge in [-0.15, -0.1) is 11.3 Å². The van der Waals surface area contributed by atoms with E-state index in [1.807, 2.05) is 25.1 Å². The topological polar surface area (TPSA) is 73.8 Å². The van der Waals surface area contributed by atoms with E-state index < -0.39 is 10.0 Å². The number of nitrogens with zero attached hydrogens (tertiary/aromatic N) is 4. The Hall–Kier alpha value is -1.56. The predicted octanol–water partition coefficient (Wildman–Crippen LogP) is 4.96. The third-order valence-electron chi connectivity index (χ3n) is 6.30. The number of halogens is 1. The van der Waals surface area contributed by atoms with Gasteiger partial charge in [-0.1, -0.05) is 42.0 Å². The Bertz CT molecular complexity index is 1280. The Morgan fingerprint density at radius 3 is 2.51 bits per heavy atom. The van der Waals surface area contributed by atoms with Crippen molar-refractivity contribution in [1.29, 1.82) is 0 Å². The molecule has 3 heterocycles. The summed E-state index contributed by atoms with van der Waals surface area (Å²) < 4.78 is 29.2. The first-order valence-electron chi connectivity index (χ1n) is 11.8. The molecule has 190 valence electrons. The van der Waals surface area contributed by atoms with E-state index in [9.17, 15) is 13.2 Å². The van der Waals surface area contributed by atoms with Gasteiger partial charge in [0.05, 0.1) is 14.6 Å². The van der Waals surface area contributed by atoms with E-state index in [1.54, 1.807) is 23.5 Å². The minimum atomic E-state index is -3.58. The lowest BCUT2D eigenvalue weighted by atomic mass is 9.96. The number of carbonyl (C=O) groups is 1. The molecule has 0 atom stereocenters. The number of thiophene rings is 1. The van der Waals surface area contributed by atoms with Crippen molar-refractivity contribution in [2.24, 2.45) is 5.92 Å². The molecule has 0 bridgehead atoms. The molecular formula is C24H31ClN4O3S3. The normalized spacial score (nSPS) is 15.8.